The number of anilines is 4. The van der Waals surface area contributed by atoms with Crippen molar-refractivity contribution in [1.29, 1.82) is 0 Å². The molecule has 0 aliphatic carbocycles. The van der Waals surface area contributed by atoms with Gasteiger partial charge in [0, 0.05) is 11.4 Å². The molecule has 0 bridgehead atoms. The number of nitrogens with one attached hydrogen (secondary N) is 2. The Labute approximate surface area is 207 Å². The Balaban J connectivity index is 1.63. The van der Waals surface area contributed by atoms with E-state index in [9.17, 15) is 26.3 Å². The number of fused-ring (bicyclic) bond motifs is 1. The molecule has 0 fully saturated rings. The fourth-order valence-electron chi connectivity index (χ4n) is 2.66. The predicted molar refractivity (Wildman–Crippen MR) is 116 cm³/mol. The third-order valence-corrected chi connectivity index (χ3v) is 5.19. The minimum absolute atomic E-state index is 0.00402. The molecule has 0 atom stereocenters. The average Bonchev–Trinajstić information content (AvgIpc) is 3.18. The first-order valence-corrected chi connectivity index (χ1v) is 10.6. The van der Waals surface area contributed by atoms with Crippen LogP contribution in [0.25, 0.3) is 11.3 Å². The van der Waals surface area contributed by atoms with Crippen molar-refractivity contribution in [3.8, 4) is 11.5 Å². The van der Waals surface area contributed by atoms with Gasteiger partial charge in [-0.15, -0.1) is 26.3 Å². The van der Waals surface area contributed by atoms with E-state index in [1.165, 1.54) is 24.3 Å². The van der Waals surface area contributed by atoms with E-state index in [2.05, 4.69) is 76.9 Å². The number of hydrogen-bond donors (Lipinski definition) is 2. The monoisotopic (exact) mass is 628 g/mol. The fraction of sp³-hybridized carbons (Fsp3) is 0.111. The number of alkyl halides is 6. The highest BCUT2D eigenvalue weighted by molar-refractivity contribution is 9.11. The second-order valence-electron chi connectivity index (χ2n) is 6.47. The molecule has 4 rings (SSSR count). The molecule has 4 aromatic rings. The maximum absolute atomic E-state index is 12.5. The average molecular weight is 630 g/mol. The topological polar surface area (TPSA) is 107 Å². The first-order valence-electron chi connectivity index (χ1n) is 9.01. The summed E-state index contributed by atoms with van der Waals surface area (Å²) in [5, 5.41) is 12.9. The smallest absolute Gasteiger partial charge is 0.405 e. The van der Waals surface area contributed by atoms with Crippen molar-refractivity contribution in [3.05, 3.63) is 45.3 Å². The van der Waals surface area contributed by atoms with Gasteiger partial charge >= 0.3 is 12.7 Å². The van der Waals surface area contributed by atoms with E-state index in [4.69, 9.17) is 0 Å². The van der Waals surface area contributed by atoms with Crippen LogP contribution in [-0.4, -0.2) is 33.0 Å². The molecule has 9 nitrogen and oxygen atoms in total. The van der Waals surface area contributed by atoms with Gasteiger partial charge in [0.1, 0.15) is 11.5 Å². The van der Waals surface area contributed by atoms with Crippen LogP contribution in [0.3, 0.4) is 0 Å². The van der Waals surface area contributed by atoms with E-state index in [1.807, 2.05) is 0 Å². The predicted octanol–water partition coefficient (Wildman–Crippen LogP) is 6.82. The number of hydrogen-bond acceptors (Lipinski definition) is 9. The number of rotatable bonds is 6. The Hall–Kier alpha value is -3.34. The van der Waals surface area contributed by atoms with Gasteiger partial charge in [0.2, 0.25) is 11.3 Å². The molecule has 2 heterocycles. The number of nitrogens with zero attached hydrogens (tertiary/aromatic N) is 4. The zero-order chi connectivity index (χ0) is 25.4. The van der Waals surface area contributed by atoms with E-state index in [1.54, 1.807) is 0 Å². The Morgan fingerprint density at radius 2 is 1.09 bits per heavy atom. The third kappa shape index (κ3) is 6.41. The van der Waals surface area contributed by atoms with Crippen molar-refractivity contribution in [3.63, 3.8) is 0 Å². The van der Waals surface area contributed by atoms with Gasteiger partial charge in [-0.05, 0) is 78.6 Å². The van der Waals surface area contributed by atoms with Crippen LogP contribution in [-0.2, 0) is 0 Å². The second-order valence-corrected chi connectivity index (χ2v) is 8.18. The molecule has 0 saturated heterocycles. The maximum Gasteiger partial charge on any atom is 0.573 e. The lowest BCUT2D eigenvalue weighted by molar-refractivity contribution is -0.275. The molecule has 0 aliphatic rings. The molecule has 2 N–H and O–H groups in total. The highest BCUT2D eigenvalue weighted by Gasteiger charge is 2.32. The number of benzene rings is 2. The largest absolute Gasteiger partial charge is 0.573 e. The van der Waals surface area contributed by atoms with Gasteiger partial charge in [0.05, 0.1) is 8.95 Å². The first kappa shape index (κ1) is 24.8. The summed E-state index contributed by atoms with van der Waals surface area (Å²) in [5.41, 5.74) is 0.609. The van der Waals surface area contributed by atoms with Crippen LogP contribution >= 0.6 is 31.9 Å². The van der Waals surface area contributed by atoms with Gasteiger partial charge in [0.15, 0.2) is 11.6 Å². The van der Waals surface area contributed by atoms with Crippen molar-refractivity contribution < 1.29 is 40.4 Å². The zero-order valence-corrected chi connectivity index (χ0v) is 19.7. The summed E-state index contributed by atoms with van der Waals surface area (Å²) in [4.78, 5) is 8.42. The van der Waals surface area contributed by atoms with Gasteiger partial charge in [-0.1, -0.05) is 0 Å². The molecule has 0 amide bonds. The van der Waals surface area contributed by atoms with Gasteiger partial charge in [-0.2, -0.15) is 0 Å². The fourth-order valence-corrected chi connectivity index (χ4v) is 3.58. The molecule has 0 saturated carbocycles. The van der Waals surface area contributed by atoms with Crippen molar-refractivity contribution in [2.24, 2.45) is 0 Å². The summed E-state index contributed by atoms with van der Waals surface area (Å²) in [6.45, 7) is 0. The zero-order valence-electron chi connectivity index (χ0n) is 16.5. The molecular formula is C18H8Br2F6N6O3. The highest BCUT2D eigenvalue weighted by Crippen LogP contribution is 2.36. The molecule has 17 heteroatoms. The summed E-state index contributed by atoms with van der Waals surface area (Å²) in [5.74, 6) is -0.822. The highest BCUT2D eigenvalue weighted by atomic mass is 79.9. The lowest BCUT2D eigenvalue weighted by atomic mass is 10.3. The first-order chi connectivity index (χ1) is 16.4. The summed E-state index contributed by atoms with van der Waals surface area (Å²) in [7, 11) is 0. The summed E-state index contributed by atoms with van der Waals surface area (Å²) >= 11 is 6.01. The van der Waals surface area contributed by atoms with Gasteiger partial charge in [0.25, 0.3) is 0 Å². The second kappa shape index (κ2) is 9.37. The molecular weight excluding hydrogens is 622 g/mol. The molecule has 0 radical (unpaired) electrons. The van der Waals surface area contributed by atoms with Crippen LogP contribution in [0.15, 0.2) is 50.0 Å². The third-order valence-electron chi connectivity index (χ3n) is 3.95. The normalized spacial score (nSPS) is 12.0. The van der Waals surface area contributed by atoms with E-state index in [0.29, 0.717) is 0 Å². The Kier molecular flexibility index (Phi) is 6.63. The molecule has 0 unspecified atom stereocenters. The SMILES string of the molecule is FC(F)(F)Oc1ccc(Nc2nc3nonc3nc2Nc2ccc(OC(F)(F)F)c(Br)c2)cc1Br. The van der Waals surface area contributed by atoms with Gasteiger partial charge in [-0.25, -0.2) is 14.6 Å². The minimum atomic E-state index is -4.88. The van der Waals surface area contributed by atoms with Crippen molar-refractivity contribution >= 4 is 66.2 Å². The van der Waals surface area contributed by atoms with Gasteiger partial charge < -0.3 is 20.1 Å². The Morgan fingerprint density at radius 3 is 1.43 bits per heavy atom. The standard InChI is InChI=1S/C18H8Br2F6N6O3/c19-9-5-7(1-3-11(9)33-17(21,22)23)27-13-14(30-16-15(29-13)31-35-32-16)28-8-2-4-12(10(20)6-8)34-18(24,25)26/h1-6H,(H,27,29,31)(H,28,30,32). The van der Waals surface area contributed by atoms with E-state index in [-0.39, 0.29) is 43.3 Å². The van der Waals surface area contributed by atoms with Crippen LogP contribution in [0.4, 0.5) is 49.4 Å². The van der Waals surface area contributed by atoms with Crippen LogP contribution in [0, 0.1) is 0 Å². The van der Waals surface area contributed by atoms with Gasteiger partial charge in [-0.3, -0.25) is 0 Å². The van der Waals surface area contributed by atoms with Crippen molar-refractivity contribution in [1.82, 2.24) is 20.3 Å². The molecule has 0 aliphatic heterocycles. The van der Waals surface area contributed by atoms with Crippen molar-refractivity contribution in [2.75, 3.05) is 10.6 Å². The van der Waals surface area contributed by atoms with E-state index in [0.717, 1.165) is 12.1 Å². The summed E-state index contributed by atoms with van der Waals surface area (Å²) in [6, 6.07) is 7.35. The lowest BCUT2D eigenvalue weighted by Crippen LogP contribution is -2.17. The van der Waals surface area contributed by atoms with E-state index >= 15 is 0 Å². The minimum Gasteiger partial charge on any atom is -0.405 e. The Bertz CT molecular complexity index is 1280. The maximum atomic E-state index is 12.5. The number of halogens is 8. The summed E-state index contributed by atoms with van der Waals surface area (Å²) < 4.78 is 87.4. The molecule has 0 spiro atoms. The lowest BCUT2D eigenvalue weighted by Gasteiger charge is -2.15. The molecule has 2 aromatic carbocycles. The van der Waals surface area contributed by atoms with E-state index < -0.39 is 24.2 Å². The van der Waals surface area contributed by atoms with Crippen LogP contribution in [0.1, 0.15) is 0 Å². The van der Waals surface area contributed by atoms with Crippen LogP contribution < -0.4 is 20.1 Å². The number of ether oxygens (including phenoxy) is 2. The quantitative estimate of drug-likeness (QED) is 0.222. The molecule has 2 aromatic heterocycles. The van der Waals surface area contributed by atoms with Crippen molar-refractivity contribution in [2.45, 2.75) is 12.7 Å². The molecule has 184 valence electrons. The molecule has 35 heavy (non-hydrogen) atoms. The van der Waals surface area contributed by atoms with Crippen LogP contribution in [0.2, 0.25) is 0 Å². The Morgan fingerprint density at radius 1 is 0.686 bits per heavy atom. The number of aromatic nitrogens is 4. The summed E-state index contributed by atoms with van der Waals surface area (Å²) in [6.07, 6.45) is -9.75. The van der Waals surface area contributed by atoms with Crippen LogP contribution in [0.5, 0.6) is 11.5 Å².